The lowest BCUT2D eigenvalue weighted by molar-refractivity contribution is 0.628. The highest BCUT2D eigenvalue weighted by Gasteiger charge is 2.05. The maximum atomic E-state index is 12.8. The Morgan fingerprint density at radius 2 is 1.86 bits per heavy atom. The molecule has 1 aromatic heterocycles. The van der Waals surface area contributed by atoms with Gasteiger partial charge in [0, 0.05) is 12.6 Å². The van der Waals surface area contributed by atoms with Crippen LogP contribution in [0.25, 0.3) is 5.69 Å². The van der Waals surface area contributed by atoms with Gasteiger partial charge in [0.25, 0.3) is 0 Å². The van der Waals surface area contributed by atoms with E-state index in [1.807, 2.05) is 30.3 Å². The second kappa shape index (κ2) is 6.57. The standard InChI is InChI=1S/C15H13FN6/c16-12-6-8-13(9-7-12)18-17-11-10-15-19-20-21-22(15)14-4-2-1-3-5-14/h1-9,11,18H,10H2/b17-11-. The Kier molecular flexibility index (Phi) is 4.15. The first kappa shape index (κ1) is 13.9. The van der Waals surface area contributed by atoms with Crippen LogP contribution in [-0.2, 0) is 6.42 Å². The third-order valence-corrected chi connectivity index (χ3v) is 2.94. The minimum atomic E-state index is -0.281. The zero-order valence-electron chi connectivity index (χ0n) is 11.6. The van der Waals surface area contributed by atoms with E-state index in [-0.39, 0.29) is 5.82 Å². The Balaban J connectivity index is 1.64. The van der Waals surface area contributed by atoms with Crippen LogP contribution in [-0.4, -0.2) is 26.4 Å². The highest BCUT2D eigenvalue weighted by molar-refractivity contribution is 5.62. The molecule has 0 atom stereocenters. The van der Waals surface area contributed by atoms with Crippen LogP contribution >= 0.6 is 0 Å². The van der Waals surface area contributed by atoms with E-state index in [1.165, 1.54) is 12.1 Å². The number of hydrogen-bond donors (Lipinski definition) is 1. The molecule has 0 unspecified atom stereocenters. The van der Waals surface area contributed by atoms with E-state index in [0.717, 1.165) is 5.69 Å². The van der Waals surface area contributed by atoms with E-state index in [1.54, 1.807) is 23.0 Å². The van der Waals surface area contributed by atoms with Crippen LogP contribution in [0.3, 0.4) is 0 Å². The van der Waals surface area contributed by atoms with Gasteiger partial charge in [0.05, 0.1) is 11.4 Å². The molecule has 3 rings (SSSR count). The Labute approximate surface area is 126 Å². The van der Waals surface area contributed by atoms with E-state index in [2.05, 4.69) is 26.1 Å². The average Bonchev–Trinajstić information content (AvgIpc) is 3.02. The minimum Gasteiger partial charge on any atom is -0.279 e. The van der Waals surface area contributed by atoms with Gasteiger partial charge in [-0.15, -0.1) is 5.10 Å². The SMILES string of the molecule is Fc1ccc(N/N=C\Cc2nnnn2-c2ccccc2)cc1. The maximum Gasteiger partial charge on any atom is 0.162 e. The van der Waals surface area contributed by atoms with Gasteiger partial charge in [-0.1, -0.05) is 18.2 Å². The van der Waals surface area contributed by atoms with Gasteiger partial charge in [-0.25, -0.2) is 4.39 Å². The number of benzene rings is 2. The summed E-state index contributed by atoms with van der Waals surface area (Å²) in [5, 5.41) is 15.7. The fraction of sp³-hybridized carbons (Fsp3) is 0.0667. The van der Waals surface area contributed by atoms with Gasteiger partial charge in [0.15, 0.2) is 5.82 Å². The van der Waals surface area contributed by atoms with Gasteiger partial charge >= 0.3 is 0 Å². The zero-order chi connectivity index (χ0) is 15.2. The maximum absolute atomic E-state index is 12.8. The Morgan fingerprint density at radius 3 is 2.64 bits per heavy atom. The summed E-state index contributed by atoms with van der Waals surface area (Å²) in [5.74, 6) is 0.396. The van der Waals surface area contributed by atoms with Crippen molar-refractivity contribution in [2.24, 2.45) is 5.10 Å². The number of hydrazone groups is 1. The highest BCUT2D eigenvalue weighted by Crippen LogP contribution is 2.08. The van der Waals surface area contributed by atoms with Crippen molar-refractivity contribution < 1.29 is 4.39 Å². The molecule has 0 spiro atoms. The van der Waals surface area contributed by atoms with Crippen LogP contribution < -0.4 is 5.43 Å². The van der Waals surface area contributed by atoms with Crippen molar-refractivity contribution in [1.29, 1.82) is 0 Å². The number of anilines is 1. The molecular formula is C15H13FN6. The average molecular weight is 296 g/mol. The first-order valence-electron chi connectivity index (χ1n) is 6.69. The molecule has 3 aromatic rings. The lowest BCUT2D eigenvalue weighted by Gasteiger charge is -2.02. The van der Waals surface area contributed by atoms with Crippen LogP contribution in [0.5, 0.6) is 0 Å². The lowest BCUT2D eigenvalue weighted by Crippen LogP contribution is -2.04. The van der Waals surface area contributed by atoms with E-state index < -0.39 is 0 Å². The van der Waals surface area contributed by atoms with Crippen LogP contribution in [0.4, 0.5) is 10.1 Å². The molecule has 2 aromatic carbocycles. The van der Waals surface area contributed by atoms with Gasteiger partial charge in [0.2, 0.25) is 0 Å². The summed E-state index contributed by atoms with van der Waals surface area (Å²) in [5.41, 5.74) is 4.42. The monoisotopic (exact) mass is 296 g/mol. The van der Waals surface area contributed by atoms with Crippen molar-refractivity contribution >= 4 is 11.9 Å². The quantitative estimate of drug-likeness (QED) is 0.580. The summed E-state index contributed by atoms with van der Waals surface area (Å²) in [6, 6.07) is 15.6. The van der Waals surface area contributed by atoms with Crippen molar-refractivity contribution in [2.75, 3.05) is 5.43 Å². The number of tetrazole rings is 1. The van der Waals surface area contributed by atoms with Gasteiger partial charge in [0.1, 0.15) is 5.82 Å². The Bertz CT molecular complexity index is 751. The first-order chi connectivity index (χ1) is 10.8. The molecule has 0 bridgehead atoms. The number of para-hydroxylation sites is 1. The highest BCUT2D eigenvalue weighted by atomic mass is 19.1. The van der Waals surface area contributed by atoms with E-state index in [4.69, 9.17) is 0 Å². The van der Waals surface area contributed by atoms with Crippen LogP contribution in [0.1, 0.15) is 5.82 Å². The first-order valence-corrected chi connectivity index (χ1v) is 6.69. The summed E-state index contributed by atoms with van der Waals surface area (Å²) >= 11 is 0. The normalized spacial score (nSPS) is 11.0. The molecule has 0 fully saturated rings. The molecule has 0 radical (unpaired) electrons. The van der Waals surface area contributed by atoms with Crippen LogP contribution in [0, 0.1) is 5.82 Å². The summed E-state index contributed by atoms with van der Waals surface area (Å²) in [6.45, 7) is 0. The molecule has 1 N–H and O–H groups in total. The molecule has 6 nitrogen and oxygen atoms in total. The Hall–Kier alpha value is -3.09. The fourth-order valence-electron chi connectivity index (χ4n) is 1.87. The molecular weight excluding hydrogens is 283 g/mol. The summed E-state index contributed by atoms with van der Waals surface area (Å²) in [4.78, 5) is 0. The van der Waals surface area contributed by atoms with E-state index in [9.17, 15) is 4.39 Å². The smallest absolute Gasteiger partial charge is 0.162 e. The number of nitrogens with zero attached hydrogens (tertiary/aromatic N) is 5. The third-order valence-electron chi connectivity index (χ3n) is 2.94. The molecule has 0 aliphatic rings. The topological polar surface area (TPSA) is 68.0 Å². The largest absolute Gasteiger partial charge is 0.279 e. The molecule has 0 amide bonds. The number of halogens is 1. The molecule has 0 aliphatic carbocycles. The van der Waals surface area contributed by atoms with Gasteiger partial charge < -0.3 is 0 Å². The molecule has 22 heavy (non-hydrogen) atoms. The molecule has 1 heterocycles. The van der Waals surface area contributed by atoms with E-state index >= 15 is 0 Å². The molecule has 0 saturated heterocycles. The van der Waals surface area contributed by atoms with Gasteiger partial charge in [-0.2, -0.15) is 9.78 Å². The van der Waals surface area contributed by atoms with Crippen molar-refractivity contribution in [3.8, 4) is 5.69 Å². The Morgan fingerprint density at radius 1 is 1.09 bits per heavy atom. The van der Waals surface area contributed by atoms with Crippen molar-refractivity contribution in [2.45, 2.75) is 6.42 Å². The third kappa shape index (κ3) is 3.32. The van der Waals surface area contributed by atoms with Crippen LogP contribution in [0.2, 0.25) is 0 Å². The van der Waals surface area contributed by atoms with Crippen molar-refractivity contribution in [3.63, 3.8) is 0 Å². The zero-order valence-corrected chi connectivity index (χ0v) is 11.6. The summed E-state index contributed by atoms with van der Waals surface area (Å²) < 4.78 is 14.4. The van der Waals surface area contributed by atoms with Crippen molar-refractivity contribution in [1.82, 2.24) is 20.2 Å². The van der Waals surface area contributed by atoms with Gasteiger partial charge in [-0.05, 0) is 46.8 Å². The molecule has 0 aliphatic heterocycles. The molecule has 110 valence electrons. The second-order valence-corrected chi connectivity index (χ2v) is 4.48. The van der Waals surface area contributed by atoms with Gasteiger partial charge in [-0.3, -0.25) is 5.43 Å². The number of rotatable bonds is 5. The molecule has 0 saturated carbocycles. The second-order valence-electron chi connectivity index (χ2n) is 4.48. The predicted molar refractivity (Wildman–Crippen MR) is 81.4 cm³/mol. The summed E-state index contributed by atoms with van der Waals surface area (Å²) in [6.07, 6.45) is 2.13. The lowest BCUT2D eigenvalue weighted by atomic mass is 10.3. The fourth-order valence-corrected chi connectivity index (χ4v) is 1.87. The van der Waals surface area contributed by atoms with Crippen LogP contribution in [0.15, 0.2) is 59.7 Å². The number of hydrogen-bond acceptors (Lipinski definition) is 5. The predicted octanol–water partition coefficient (Wildman–Crippen LogP) is 2.44. The summed E-state index contributed by atoms with van der Waals surface area (Å²) in [7, 11) is 0. The van der Waals surface area contributed by atoms with E-state index in [0.29, 0.717) is 17.9 Å². The minimum absolute atomic E-state index is 0.281. The van der Waals surface area contributed by atoms with Crippen molar-refractivity contribution in [3.05, 3.63) is 66.2 Å². The number of nitrogens with one attached hydrogen (secondary N) is 1. The number of aromatic nitrogens is 4. The molecule has 7 heteroatoms.